The summed E-state index contributed by atoms with van der Waals surface area (Å²) < 4.78 is 11.1. The first kappa shape index (κ1) is 24.8. The molecule has 3 amide bonds. The van der Waals surface area contributed by atoms with Crippen LogP contribution < -0.4 is 5.32 Å². The molecule has 0 unspecified atom stereocenters. The molecule has 1 fully saturated rings. The van der Waals surface area contributed by atoms with E-state index in [1.807, 2.05) is 0 Å². The molecule has 1 aliphatic rings. The number of ether oxygens (including phenoxy) is 1. The number of nitrogens with zero attached hydrogens (tertiary/aromatic N) is 1. The number of halogens is 2. The second kappa shape index (κ2) is 10.5. The van der Waals surface area contributed by atoms with Crippen LogP contribution in [0.15, 0.2) is 68.4 Å². The van der Waals surface area contributed by atoms with Crippen molar-refractivity contribution in [2.75, 3.05) is 19.0 Å². The number of methoxy groups -OCH3 is 1. The molecule has 1 aromatic heterocycles. The highest BCUT2D eigenvalue weighted by atomic mass is 79.9. The highest BCUT2D eigenvalue weighted by Gasteiger charge is 2.36. The SMILES string of the molecule is COC(=O)c1ccc(-c2ccc(/C=C3/SC(=O)N(CC(=O)Nc4ccc(Br)c(Cl)c4)C3=O)o2)cc1. The lowest BCUT2D eigenvalue weighted by atomic mass is 10.1. The predicted octanol–water partition coefficient (Wildman–Crippen LogP) is 5.82. The lowest BCUT2D eigenvalue weighted by molar-refractivity contribution is -0.127. The van der Waals surface area contributed by atoms with Gasteiger partial charge in [-0.2, -0.15) is 0 Å². The van der Waals surface area contributed by atoms with Crippen molar-refractivity contribution in [2.45, 2.75) is 0 Å². The second-order valence-electron chi connectivity index (χ2n) is 7.22. The van der Waals surface area contributed by atoms with Crippen molar-refractivity contribution >= 4 is 74.1 Å². The Morgan fingerprint density at radius 2 is 1.89 bits per heavy atom. The fourth-order valence-electron chi connectivity index (χ4n) is 3.16. The van der Waals surface area contributed by atoms with Crippen LogP contribution >= 0.6 is 39.3 Å². The fourth-order valence-corrected chi connectivity index (χ4v) is 4.40. The van der Waals surface area contributed by atoms with Crippen LogP contribution in [-0.4, -0.2) is 41.6 Å². The Morgan fingerprint density at radius 1 is 1.14 bits per heavy atom. The van der Waals surface area contributed by atoms with Gasteiger partial charge in [-0.15, -0.1) is 0 Å². The summed E-state index contributed by atoms with van der Waals surface area (Å²) in [4.78, 5) is 50.1. The highest BCUT2D eigenvalue weighted by Crippen LogP contribution is 2.33. The molecular formula is C24H16BrClN2O6S. The molecule has 1 aliphatic heterocycles. The zero-order valence-electron chi connectivity index (χ0n) is 18.0. The van der Waals surface area contributed by atoms with Gasteiger partial charge in [0.1, 0.15) is 18.1 Å². The number of thioether (sulfide) groups is 1. The van der Waals surface area contributed by atoms with Gasteiger partial charge in [0, 0.05) is 21.8 Å². The van der Waals surface area contributed by atoms with Crippen LogP contribution in [0, 0.1) is 0 Å². The van der Waals surface area contributed by atoms with Crippen molar-refractivity contribution in [3.63, 3.8) is 0 Å². The lowest BCUT2D eigenvalue weighted by Gasteiger charge is -2.12. The van der Waals surface area contributed by atoms with Crippen LogP contribution in [0.4, 0.5) is 10.5 Å². The number of benzene rings is 2. The molecule has 2 aromatic carbocycles. The number of anilines is 1. The van der Waals surface area contributed by atoms with Gasteiger partial charge in [0.25, 0.3) is 11.1 Å². The van der Waals surface area contributed by atoms with Crippen LogP contribution in [0.25, 0.3) is 17.4 Å². The van der Waals surface area contributed by atoms with Gasteiger partial charge in [0.05, 0.1) is 22.6 Å². The number of furan rings is 1. The molecule has 0 atom stereocenters. The maximum Gasteiger partial charge on any atom is 0.337 e. The van der Waals surface area contributed by atoms with E-state index in [-0.39, 0.29) is 4.91 Å². The molecule has 8 nitrogen and oxygen atoms in total. The zero-order chi connectivity index (χ0) is 25.1. The van der Waals surface area contributed by atoms with Crippen LogP contribution in [0.2, 0.25) is 5.02 Å². The number of esters is 1. The van der Waals surface area contributed by atoms with E-state index in [1.165, 1.54) is 13.2 Å². The van der Waals surface area contributed by atoms with E-state index in [1.54, 1.807) is 54.6 Å². The monoisotopic (exact) mass is 574 g/mol. The summed E-state index contributed by atoms with van der Waals surface area (Å²) in [6.07, 6.45) is 1.45. The highest BCUT2D eigenvalue weighted by molar-refractivity contribution is 9.10. The zero-order valence-corrected chi connectivity index (χ0v) is 21.2. The first-order chi connectivity index (χ1) is 16.7. The normalized spacial score (nSPS) is 14.5. The first-order valence-electron chi connectivity index (χ1n) is 10.0. The van der Waals surface area contributed by atoms with Crippen LogP contribution in [0.5, 0.6) is 0 Å². The maximum atomic E-state index is 12.7. The lowest BCUT2D eigenvalue weighted by Crippen LogP contribution is -2.36. The van der Waals surface area contributed by atoms with Crippen molar-refractivity contribution in [1.82, 2.24) is 4.90 Å². The van der Waals surface area contributed by atoms with Crippen LogP contribution in [0.1, 0.15) is 16.1 Å². The van der Waals surface area contributed by atoms with E-state index < -0.39 is 29.6 Å². The molecule has 0 aliphatic carbocycles. The number of carbonyl (C=O) groups is 4. The molecular weight excluding hydrogens is 560 g/mol. The maximum absolute atomic E-state index is 12.7. The smallest absolute Gasteiger partial charge is 0.337 e. The predicted molar refractivity (Wildman–Crippen MR) is 136 cm³/mol. The Hall–Kier alpha value is -3.34. The number of carbonyl (C=O) groups excluding carboxylic acids is 4. The van der Waals surface area contributed by atoms with Gasteiger partial charge in [-0.3, -0.25) is 19.3 Å². The van der Waals surface area contributed by atoms with Gasteiger partial charge in [0.2, 0.25) is 5.91 Å². The molecule has 0 bridgehead atoms. The molecule has 0 spiro atoms. The summed E-state index contributed by atoms with van der Waals surface area (Å²) in [6, 6.07) is 14.9. The molecule has 178 valence electrons. The minimum Gasteiger partial charge on any atom is -0.465 e. The van der Waals surface area contributed by atoms with E-state index >= 15 is 0 Å². The molecule has 1 N–H and O–H groups in total. The third-order valence-corrected chi connectivity index (χ3v) is 7.01. The fraction of sp³-hybridized carbons (Fsp3) is 0.0833. The molecule has 0 saturated carbocycles. The molecule has 0 radical (unpaired) electrons. The van der Waals surface area contributed by atoms with Gasteiger partial charge in [-0.25, -0.2) is 4.79 Å². The van der Waals surface area contributed by atoms with Gasteiger partial charge in [0.15, 0.2) is 0 Å². The molecule has 1 saturated heterocycles. The minimum absolute atomic E-state index is 0.136. The number of amides is 3. The number of hydrogen-bond donors (Lipinski definition) is 1. The van der Waals surface area contributed by atoms with Crippen LogP contribution in [0.3, 0.4) is 0 Å². The van der Waals surface area contributed by atoms with E-state index in [4.69, 9.17) is 16.0 Å². The van der Waals surface area contributed by atoms with Crippen molar-refractivity contribution in [2.24, 2.45) is 0 Å². The summed E-state index contributed by atoms with van der Waals surface area (Å²) in [7, 11) is 1.31. The second-order valence-corrected chi connectivity index (χ2v) is 9.47. The Kier molecular flexibility index (Phi) is 7.44. The molecule has 3 aromatic rings. The van der Waals surface area contributed by atoms with E-state index in [2.05, 4.69) is 26.0 Å². The number of hydrogen-bond acceptors (Lipinski definition) is 7. The van der Waals surface area contributed by atoms with Gasteiger partial charge < -0.3 is 14.5 Å². The first-order valence-corrected chi connectivity index (χ1v) is 12.0. The van der Waals surface area contributed by atoms with Crippen LogP contribution in [-0.2, 0) is 14.3 Å². The average Bonchev–Trinajstić information content (AvgIpc) is 3.41. The summed E-state index contributed by atoms with van der Waals surface area (Å²) in [5.41, 5.74) is 1.56. The third-order valence-electron chi connectivity index (χ3n) is 4.87. The summed E-state index contributed by atoms with van der Waals surface area (Å²) in [5, 5.41) is 2.46. The topological polar surface area (TPSA) is 106 Å². The minimum atomic E-state index is -0.593. The van der Waals surface area contributed by atoms with Gasteiger partial charge in [-0.1, -0.05) is 23.7 Å². The van der Waals surface area contributed by atoms with Crippen molar-refractivity contribution in [1.29, 1.82) is 0 Å². The summed E-state index contributed by atoms with van der Waals surface area (Å²) >= 11 is 10.0. The Morgan fingerprint density at radius 3 is 2.57 bits per heavy atom. The third kappa shape index (κ3) is 5.67. The largest absolute Gasteiger partial charge is 0.465 e. The Balaban J connectivity index is 1.43. The van der Waals surface area contributed by atoms with Gasteiger partial charge >= 0.3 is 5.97 Å². The Bertz CT molecular complexity index is 1370. The van der Waals surface area contributed by atoms with E-state index in [9.17, 15) is 19.2 Å². The molecule has 11 heteroatoms. The number of imide groups is 1. The van der Waals surface area contributed by atoms with E-state index in [0.717, 1.165) is 22.2 Å². The van der Waals surface area contributed by atoms with E-state index in [0.29, 0.717) is 32.3 Å². The molecule has 2 heterocycles. The number of rotatable bonds is 6. The average molecular weight is 576 g/mol. The van der Waals surface area contributed by atoms with Crippen molar-refractivity contribution in [3.8, 4) is 11.3 Å². The Labute approximate surface area is 217 Å². The quantitative estimate of drug-likeness (QED) is 0.291. The molecule has 4 rings (SSSR count). The summed E-state index contributed by atoms with van der Waals surface area (Å²) in [5.74, 6) is -0.704. The molecule has 35 heavy (non-hydrogen) atoms. The van der Waals surface area contributed by atoms with Crippen molar-refractivity contribution in [3.05, 3.63) is 80.3 Å². The standard InChI is InChI=1S/C24H16BrClN2O6S/c1-33-23(31)14-4-2-13(3-5-14)19-9-7-16(34-19)11-20-22(30)28(24(32)35-20)12-21(29)27-15-6-8-17(25)18(26)10-15/h2-11H,12H2,1H3,(H,27,29)/b20-11+. The number of nitrogens with one attached hydrogen (secondary N) is 1. The van der Waals surface area contributed by atoms with Crippen molar-refractivity contribution < 1.29 is 28.3 Å². The summed E-state index contributed by atoms with van der Waals surface area (Å²) in [6.45, 7) is -0.439. The van der Waals surface area contributed by atoms with Gasteiger partial charge in [-0.05, 0) is 70.2 Å².